The number of ether oxygens (including phenoxy) is 2. The lowest BCUT2D eigenvalue weighted by Crippen LogP contribution is -2.53. The first kappa shape index (κ1) is 29.1. The third kappa shape index (κ3) is 7.96. The van der Waals surface area contributed by atoms with Gasteiger partial charge in [0.1, 0.15) is 17.7 Å². The molecular weight excluding hydrogens is 462 g/mol. The van der Waals surface area contributed by atoms with Crippen LogP contribution in [-0.4, -0.2) is 59.6 Å². The van der Waals surface area contributed by atoms with Gasteiger partial charge in [0.05, 0.1) is 13.0 Å². The third-order valence-corrected chi connectivity index (χ3v) is 6.06. The van der Waals surface area contributed by atoms with Crippen molar-refractivity contribution in [2.75, 3.05) is 13.2 Å². The molecule has 0 aromatic heterocycles. The van der Waals surface area contributed by atoms with Crippen molar-refractivity contribution >= 4 is 23.9 Å². The van der Waals surface area contributed by atoms with E-state index in [9.17, 15) is 19.2 Å². The highest BCUT2D eigenvalue weighted by atomic mass is 16.6. The molecule has 0 aliphatic heterocycles. The molecule has 1 aromatic carbocycles. The zero-order valence-electron chi connectivity index (χ0n) is 22.8. The maximum absolute atomic E-state index is 13.8. The number of benzene rings is 1. The van der Waals surface area contributed by atoms with E-state index < -0.39 is 29.7 Å². The second-order valence-electron chi connectivity index (χ2n) is 10.4. The van der Waals surface area contributed by atoms with Crippen LogP contribution in [0.1, 0.15) is 77.1 Å². The number of alkyl carbamates (subject to hydrolysis) is 1. The predicted octanol–water partition coefficient (Wildman–Crippen LogP) is 3.56. The normalized spacial score (nSPS) is 18.4. The fourth-order valence-electron chi connectivity index (χ4n) is 4.21. The number of hydrogen-bond acceptors (Lipinski definition) is 6. The van der Waals surface area contributed by atoms with Crippen molar-refractivity contribution in [2.45, 2.75) is 92.0 Å². The molecule has 2 rings (SSSR count). The number of carbonyl (C=O) groups excluding carboxylic acids is 4. The van der Waals surface area contributed by atoms with Crippen LogP contribution in [0.5, 0.6) is 0 Å². The van der Waals surface area contributed by atoms with Crippen LogP contribution in [0.4, 0.5) is 4.79 Å². The molecule has 4 unspecified atom stereocenters. The lowest BCUT2D eigenvalue weighted by Gasteiger charge is -2.35. The van der Waals surface area contributed by atoms with E-state index in [1.54, 1.807) is 39.5 Å². The van der Waals surface area contributed by atoms with Crippen LogP contribution in [0.25, 0.3) is 0 Å². The Balaban J connectivity index is 2.38. The Hall–Kier alpha value is -3.10. The van der Waals surface area contributed by atoms with Crippen molar-refractivity contribution in [1.29, 1.82) is 0 Å². The fourth-order valence-corrected chi connectivity index (χ4v) is 4.21. The van der Waals surface area contributed by atoms with Crippen LogP contribution in [0, 0.1) is 19.8 Å². The van der Waals surface area contributed by atoms with E-state index in [1.165, 1.54) is 0 Å². The number of amides is 3. The summed E-state index contributed by atoms with van der Waals surface area (Å²) in [6.45, 7) is 14.7. The van der Waals surface area contributed by atoms with Crippen LogP contribution < -0.4 is 10.6 Å². The molecule has 200 valence electrons. The average molecular weight is 504 g/mol. The zero-order chi connectivity index (χ0) is 27.2. The summed E-state index contributed by atoms with van der Waals surface area (Å²) >= 11 is 0. The van der Waals surface area contributed by atoms with E-state index in [2.05, 4.69) is 10.6 Å². The summed E-state index contributed by atoms with van der Waals surface area (Å²) in [7, 11) is 0. The Kier molecular flexibility index (Phi) is 9.90. The predicted molar refractivity (Wildman–Crippen MR) is 136 cm³/mol. The van der Waals surface area contributed by atoms with Gasteiger partial charge in [-0.15, -0.1) is 0 Å². The molecule has 4 atom stereocenters. The van der Waals surface area contributed by atoms with Crippen LogP contribution in [-0.2, 0) is 23.9 Å². The van der Waals surface area contributed by atoms with Gasteiger partial charge in [-0.1, -0.05) is 25.1 Å². The molecule has 2 N–H and O–H groups in total. The summed E-state index contributed by atoms with van der Waals surface area (Å²) in [6.07, 6.45) is 0.0842. The van der Waals surface area contributed by atoms with Crippen molar-refractivity contribution in [3.05, 3.63) is 34.9 Å². The van der Waals surface area contributed by atoms with E-state index in [4.69, 9.17) is 9.47 Å². The van der Waals surface area contributed by atoms with Crippen molar-refractivity contribution in [3.8, 4) is 0 Å². The molecule has 1 aliphatic rings. The van der Waals surface area contributed by atoms with Gasteiger partial charge in [0, 0.05) is 12.6 Å². The molecule has 9 heteroatoms. The summed E-state index contributed by atoms with van der Waals surface area (Å²) in [5.41, 5.74) is 1.78. The number of rotatable bonds is 10. The van der Waals surface area contributed by atoms with Gasteiger partial charge in [-0.05, 0) is 77.5 Å². The Morgan fingerprint density at radius 1 is 1.14 bits per heavy atom. The van der Waals surface area contributed by atoms with Gasteiger partial charge < -0.3 is 25.0 Å². The van der Waals surface area contributed by atoms with Crippen LogP contribution >= 0.6 is 0 Å². The monoisotopic (exact) mass is 503 g/mol. The molecular formula is C27H41N3O6. The Labute approximate surface area is 214 Å². The molecule has 1 aliphatic carbocycles. The Bertz CT molecular complexity index is 950. The lowest BCUT2D eigenvalue weighted by molar-refractivity contribution is -0.144. The molecule has 0 radical (unpaired) electrons. The SMILES string of the molecule is CCOC(=O)CCNC(=O)C(c1c(C)cccc1C)N(C(=O)C(C)NC(=O)OC(C)(C)C)C1CC1C. The highest BCUT2D eigenvalue weighted by Crippen LogP contribution is 2.41. The van der Waals surface area contributed by atoms with Gasteiger partial charge in [0.25, 0.3) is 0 Å². The second-order valence-corrected chi connectivity index (χ2v) is 10.4. The molecule has 0 heterocycles. The first-order valence-electron chi connectivity index (χ1n) is 12.6. The van der Waals surface area contributed by atoms with Crippen molar-refractivity contribution in [1.82, 2.24) is 15.5 Å². The Morgan fingerprint density at radius 3 is 2.22 bits per heavy atom. The van der Waals surface area contributed by atoms with Crippen molar-refractivity contribution < 1.29 is 28.7 Å². The Morgan fingerprint density at radius 2 is 1.72 bits per heavy atom. The molecule has 1 saturated carbocycles. The molecule has 3 amide bonds. The van der Waals surface area contributed by atoms with Gasteiger partial charge in [0.2, 0.25) is 11.8 Å². The number of esters is 1. The van der Waals surface area contributed by atoms with Crippen LogP contribution in [0.3, 0.4) is 0 Å². The number of aryl methyl sites for hydroxylation is 2. The number of carbonyl (C=O) groups is 4. The molecule has 1 aromatic rings. The molecule has 1 fully saturated rings. The highest BCUT2D eigenvalue weighted by Gasteiger charge is 2.48. The third-order valence-electron chi connectivity index (χ3n) is 6.06. The minimum absolute atomic E-state index is 0.0312. The lowest BCUT2D eigenvalue weighted by atomic mass is 9.93. The molecule has 0 spiro atoms. The summed E-state index contributed by atoms with van der Waals surface area (Å²) in [6, 6.07) is 3.74. The highest BCUT2D eigenvalue weighted by molar-refractivity contribution is 5.93. The maximum Gasteiger partial charge on any atom is 0.408 e. The van der Waals surface area contributed by atoms with E-state index in [-0.39, 0.29) is 43.3 Å². The zero-order valence-corrected chi connectivity index (χ0v) is 22.8. The topological polar surface area (TPSA) is 114 Å². The number of nitrogens with one attached hydrogen (secondary N) is 2. The van der Waals surface area contributed by atoms with E-state index in [0.717, 1.165) is 23.1 Å². The smallest absolute Gasteiger partial charge is 0.408 e. The van der Waals surface area contributed by atoms with Gasteiger partial charge in [-0.2, -0.15) is 0 Å². The average Bonchev–Trinajstić information content (AvgIpc) is 3.46. The van der Waals surface area contributed by atoms with Crippen molar-refractivity contribution in [2.24, 2.45) is 5.92 Å². The summed E-state index contributed by atoms with van der Waals surface area (Å²) in [4.78, 5) is 53.2. The first-order chi connectivity index (χ1) is 16.8. The van der Waals surface area contributed by atoms with Crippen LogP contribution in [0.2, 0.25) is 0 Å². The summed E-state index contributed by atoms with van der Waals surface area (Å²) in [5.74, 6) is -0.945. The molecule has 0 bridgehead atoms. The molecule has 0 saturated heterocycles. The summed E-state index contributed by atoms with van der Waals surface area (Å²) < 4.78 is 10.3. The van der Waals surface area contributed by atoms with Gasteiger partial charge in [0.15, 0.2) is 0 Å². The standard InChI is InChI=1S/C27H41N3O6/c1-9-35-21(31)13-14-28-24(32)23(22-16(2)11-10-12-17(22)3)30(20-15-18(20)4)25(33)19(5)29-26(34)36-27(6,7)8/h10-12,18-20,23H,9,13-15H2,1-8H3,(H,28,32)(H,29,34). The van der Waals surface area contributed by atoms with Gasteiger partial charge in [-0.3, -0.25) is 14.4 Å². The van der Waals surface area contributed by atoms with Gasteiger partial charge in [-0.25, -0.2) is 4.79 Å². The minimum atomic E-state index is -0.918. The van der Waals surface area contributed by atoms with Crippen molar-refractivity contribution in [3.63, 3.8) is 0 Å². The quantitative estimate of drug-likeness (QED) is 0.472. The molecule has 9 nitrogen and oxygen atoms in total. The number of hydrogen-bond donors (Lipinski definition) is 2. The number of nitrogens with zero attached hydrogens (tertiary/aromatic N) is 1. The second kappa shape index (κ2) is 12.2. The van der Waals surface area contributed by atoms with Gasteiger partial charge >= 0.3 is 12.1 Å². The molecule has 36 heavy (non-hydrogen) atoms. The van der Waals surface area contributed by atoms with Crippen LogP contribution in [0.15, 0.2) is 18.2 Å². The fraction of sp³-hybridized carbons (Fsp3) is 0.630. The largest absolute Gasteiger partial charge is 0.466 e. The van der Waals surface area contributed by atoms with E-state index in [1.807, 2.05) is 39.0 Å². The maximum atomic E-state index is 13.8. The first-order valence-corrected chi connectivity index (χ1v) is 12.6. The van der Waals surface area contributed by atoms with E-state index >= 15 is 0 Å². The summed E-state index contributed by atoms with van der Waals surface area (Å²) in [5, 5.41) is 5.44. The van der Waals surface area contributed by atoms with E-state index in [0.29, 0.717) is 0 Å². The minimum Gasteiger partial charge on any atom is -0.466 e.